The predicted molar refractivity (Wildman–Crippen MR) is 88.3 cm³/mol. The normalized spacial score (nSPS) is 14.7. The van der Waals surface area contributed by atoms with Gasteiger partial charge in [-0.05, 0) is 43.4 Å². The summed E-state index contributed by atoms with van der Waals surface area (Å²) in [5.41, 5.74) is 1.82. The Balaban J connectivity index is 2.14. The van der Waals surface area contributed by atoms with Crippen molar-refractivity contribution in [2.24, 2.45) is 0 Å². The van der Waals surface area contributed by atoms with E-state index in [-0.39, 0.29) is 11.7 Å². The zero-order valence-electron chi connectivity index (χ0n) is 13.1. The Labute approximate surface area is 135 Å². The first-order chi connectivity index (χ1) is 11.2. The Morgan fingerprint density at radius 1 is 1.09 bits per heavy atom. The molecule has 2 aromatic rings. The molecule has 0 unspecified atom stereocenters. The molecule has 0 saturated heterocycles. The average Bonchev–Trinajstić information content (AvgIpc) is 3.08. The Bertz CT molecular complexity index is 688. The first-order valence-corrected chi connectivity index (χ1v) is 7.87. The number of methoxy groups -OCH3 is 1. The van der Waals surface area contributed by atoms with Crippen molar-refractivity contribution in [3.63, 3.8) is 0 Å². The summed E-state index contributed by atoms with van der Waals surface area (Å²) in [4.78, 5) is 11.8. The van der Waals surface area contributed by atoms with Gasteiger partial charge in [-0.1, -0.05) is 30.3 Å². The quantitative estimate of drug-likeness (QED) is 0.890. The molecule has 0 atom stereocenters. The highest BCUT2D eigenvalue weighted by molar-refractivity contribution is 5.97. The fraction of sp³-hybridized carbons (Fsp3) is 0.316. The molecule has 0 heterocycles. The third-order valence-electron chi connectivity index (χ3n) is 4.22. The molecule has 0 spiro atoms. The standard InChI is InChI=1S/C19H20O4/c1-22-16-12-11-15(13-7-3-2-4-8-13)18(17(16)19(20)21)23-14-9-5-6-10-14/h2-4,7-8,11-12,14H,5-6,9-10H2,1H3,(H,20,21). The molecule has 0 amide bonds. The molecule has 1 aliphatic rings. The van der Waals surface area contributed by atoms with Gasteiger partial charge in [-0.2, -0.15) is 0 Å². The number of rotatable bonds is 5. The van der Waals surface area contributed by atoms with Crippen molar-refractivity contribution in [2.45, 2.75) is 31.8 Å². The van der Waals surface area contributed by atoms with Crippen molar-refractivity contribution in [1.29, 1.82) is 0 Å². The molecular formula is C19H20O4. The molecule has 0 aliphatic heterocycles. The maximum atomic E-state index is 11.8. The molecule has 1 fully saturated rings. The van der Waals surface area contributed by atoms with E-state index in [1.807, 2.05) is 36.4 Å². The summed E-state index contributed by atoms with van der Waals surface area (Å²) in [6, 6.07) is 13.3. The summed E-state index contributed by atoms with van der Waals surface area (Å²) in [6.45, 7) is 0. The van der Waals surface area contributed by atoms with Crippen LogP contribution in [0.5, 0.6) is 11.5 Å². The van der Waals surface area contributed by atoms with Gasteiger partial charge in [0, 0.05) is 5.56 Å². The monoisotopic (exact) mass is 312 g/mol. The van der Waals surface area contributed by atoms with Gasteiger partial charge in [0.15, 0.2) is 0 Å². The van der Waals surface area contributed by atoms with Gasteiger partial charge in [0.05, 0.1) is 13.2 Å². The van der Waals surface area contributed by atoms with Crippen molar-refractivity contribution < 1.29 is 19.4 Å². The van der Waals surface area contributed by atoms with Gasteiger partial charge in [-0.15, -0.1) is 0 Å². The van der Waals surface area contributed by atoms with E-state index < -0.39 is 5.97 Å². The molecule has 4 heteroatoms. The Morgan fingerprint density at radius 3 is 2.39 bits per heavy atom. The predicted octanol–water partition coefficient (Wildman–Crippen LogP) is 4.38. The van der Waals surface area contributed by atoms with Crippen LogP contribution in [0, 0.1) is 0 Å². The van der Waals surface area contributed by atoms with Gasteiger partial charge in [-0.25, -0.2) is 4.79 Å². The van der Waals surface area contributed by atoms with Gasteiger partial charge in [-0.3, -0.25) is 0 Å². The Morgan fingerprint density at radius 2 is 1.78 bits per heavy atom. The number of hydrogen-bond acceptors (Lipinski definition) is 3. The van der Waals surface area contributed by atoms with E-state index in [0.29, 0.717) is 11.5 Å². The van der Waals surface area contributed by atoms with Gasteiger partial charge in [0.25, 0.3) is 0 Å². The number of aromatic carboxylic acids is 1. The summed E-state index contributed by atoms with van der Waals surface area (Å²) in [5, 5.41) is 9.66. The Kier molecular flexibility index (Phi) is 4.51. The second-order valence-corrected chi connectivity index (χ2v) is 5.72. The van der Waals surface area contributed by atoms with Gasteiger partial charge in [0.1, 0.15) is 17.1 Å². The lowest BCUT2D eigenvalue weighted by Gasteiger charge is -2.20. The summed E-state index contributed by atoms with van der Waals surface area (Å²) in [5.74, 6) is -0.298. The van der Waals surface area contributed by atoms with Gasteiger partial charge in [0.2, 0.25) is 0 Å². The van der Waals surface area contributed by atoms with Crippen LogP contribution >= 0.6 is 0 Å². The largest absolute Gasteiger partial charge is 0.496 e. The topological polar surface area (TPSA) is 55.8 Å². The van der Waals surface area contributed by atoms with E-state index >= 15 is 0 Å². The van der Waals surface area contributed by atoms with Crippen LogP contribution in [0.15, 0.2) is 42.5 Å². The van der Waals surface area contributed by atoms with Crippen LogP contribution in [0.3, 0.4) is 0 Å². The summed E-state index contributed by atoms with van der Waals surface area (Å²) in [7, 11) is 1.48. The van der Waals surface area contributed by atoms with E-state index in [2.05, 4.69) is 0 Å². The Hall–Kier alpha value is -2.49. The maximum Gasteiger partial charge on any atom is 0.343 e. The smallest absolute Gasteiger partial charge is 0.343 e. The van der Waals surface area contributed by atoms with Crippen molar-refractivity contribution in [3.05, 3.63) is 48.0 Å². The van der Waals surface area contributed by atoms with Crippen LogP contribution in [0.4, 0.5) is 0 Å². The highest BCUT2D eigenvalue weighted by Crippen LogP contribution is 2.40. The highest BCUT2D eigenvalue weighted by Gasteiger charge is 2.26. The molecule has 0 radical (unpaired) electrons. The maximum absolute atomic E-state index is 11.8. The fourth-order valence-electron chi connectivity index (χ4n) is 3.08. The van der Waals surface area contributed by atoms with Crippen LogP contribution in [0.1, 0.15) is 36.0 Å². The van der Waals surface area contributed by atoms with Crippen LogP contribution in [0.2, 0.25) is 0 Å². The van der Waals surface area contributed by atoms with Crippen LogP contribution in [-0.4, -0.2) is 24.3 Å². The molecule has 120 valence electrons. The second kappa shape index (κ2) is 6.73. The molecule has 2 aromatic carbocycles. The molecule has 0 aromatic heterocycles. The summed E-state index contributed by atoms with van der Waals surface area (Å²) in [6.07, 6.45) is 4.24. The van der Waals surface area contributed by atoms with Crippen molar-refractivity contribution in [2.75, 3.05) is 7.11 Å². The molecule has 1 aliphatic carbocycles. The number of carbonyl (C=O) groups is 1. The number of carboxylic acids is 1. The molecule has 4 nitrogen and oxygen atoms in total. The van der Waals surface area contributed by atoms with Crippen LogP contribution < -0.4 is 9.47 Å². The minimum Gasteiger partial charge on any atom is -0.496 e. The first-order valence-electron chi connectivity index (χ1n) is 7.87. The number of hydrogen-bond donors (Lipinski definition) is 1. The van der Waals surface area contributed by atoms with Gasteiger partial charge >= 0.3 is 5.97 Å². The molecule has 1 saturated carbocycles. The number of benzene rings is 2. The minimum absolute atomic E-state index is 0.0719. The summed E-state index contributed by atoms with van der Waals surface area (Å²) < 4.78 is 11.4. The van der Waals surface area contributed by atoms with Crippen molar-refractivity contribution >= 4 is 5.97 Å². The fourth-order valence-corrected chi connectivity index (χ4v) is 3.08. The third-order valence-corrected chi connectivity index (χ3v) is 4.22. The van der Waals surface area contributed by atoms with E-state index in [0.717, 1.165) is 36.8 Å². The van der Waals surface area contributed by atoms with Crippen LogP contribution in [0.25, 0.3) is 11.1 Å². The minimum atomic E-state index is -1.03. The second-order valence-electron chi connectivity index (χ2n) is 5.72. The number of ether oxygens (including phenoxy) is 2. The van der Waals surface area contributed by atoms with E-state index in [1.54, 1.807) is 6.07 Å². The van der Waals surface area contributed by atoms with Gasteiger partial charge < -0.3 is 14.6 Å². The lowest BCUT2D eigenvalue weighted by atomic mass is 10.00. The van der Waals surface area contributed by atoms with E-state index in [9.17, 15) is 9.90 Å². The SMILES string of the molecule is COc1ccc(-c2ccccc2)c(OC2CCCC2)c1C(=O)O. The molecular weight excluding hydrogens is 292 g/mol. The van der Waals surface area contributed by atoms with Crippen molar-refractivity contribution in [1.82, 2.24) is 0 Å². The molecule has 0 bridgehead atoms. The average molecular weight is 312 g/mol. The van der Waals surface area contributed by atoms with E-state index in [1.165, 1.54) is 7.11 Å². The highest BCUT2D eigenvalue weighted by atomic mass is 16.5. The van der Waals surface area contributed by atoms with E-state index in [4.69, 9.17) is 9.47 Å². The van der Waals surface area contributed by atoms with Crippen molar-refractivity contribution in [3.8, 4) is 22.6 Å². The lowest BCUT2D eigenvalue weighted by molar-refractivity contribution is 0.0685. The summed E-state index contributed by atoms with van der Waals surface area (Å²) >= 11 is 0. The van der Waals surface area contributed by atoms with Crippen LogP contribution in [-0.2, 0) is 0 Å². The molecule has 3 rings (SSSR count). The zero-order chi connectivity index (χ0) is 16.2. The third kappa shape index (κ3) is 3.16. The number of carboxylic acid groups (broad SMARTS) is 1. The zero-order valence-corrected chi connectivity index (χ0v) is 13.1. The lowest BCUT2D eigenvalue weighted by Crippen LogP contribution is -2.15. The molecule has 1 N–H and O–H groups in total. The first kappa shape index (κ1) is 15.4. The molecule has 23 heavy (non-hydrogen) atoms.